The second-order valence-electron chi connectivity index (χ2n) is 8.07. The van der Waals surface area contributed by atoms with E-state index >= 15 is 0 Å². The zero-order valence-corrected chi connectivity index (χ0v) is 27.5. The quantitative estimate of drug-likeness (QED) is 0.238. The number of carboxylic acids is 1. The normalized spacial score (nSPS) is 9.58. The molecule has 200 valence electrons. The van der Waals surface area contributed by atoms with Gasteiger partial charge in [-0.15, -0.1) is 39.3 Å². The highest BCUT2D eigenvalue weighted by atomic mass is 127. The molecule has 0 saturated heterocycles. The molecule has 0 atom stereocenters. The van der Waals surface area contributed by atoms with Gasteiger partial charge in [-0.05, 0) is 94.4 Å². The Balaban J connectivity index is 0.000000309. The molecule has 2 aromatic heterocycles. The number of aliphatic carboxylic acids is 1. The summed E-state index contributed by atoms with van der Waals surface area (Å²) in [6, 6.07) is 22.8. The van der Waals surface area contributed by atoms with Crippen LogP contribution in [-0.4, -0.2) is 37.3 Å². The second kappa shape index (κ2) is 18.1. The number of carbonyl (C=O) groups excluding carboxylic acids is 1. The number of hydrogen-bond acceptors (Lipinski definition) is 7. The number of anilines is 1. The molecule has 0 fully saturated rings. The molecule has 3 N–H and O–H groups in total. The Labute approximate surface area is 266 Å². The van der Waals surface area contributed by atoms with Crippen LogP contribution in [0, 0.1) is 21.2 Å². The number of carboxylic acid groups (broad SMARTS) is 1. The van der Waals surface area contributed by atoms with Crippen molar-refractivity contribution in [2.24, 2.45) is 0 Å². The van der Waals surface area contributed by atoms with Crippen molar-refractivity contribution in [1.29, 1.82) is 0 Å². The number of nitrogen functional groups attached to an aromatic ring is 1. The van der Waals surface area contributed by atoms with Gasteiger partial charge >= 0.3 is 5.97 Å². The Bertz CT molecular complexity index is 1280. The smallest absolute Gasteiger partial charge is 0.307 e. The molecule has 2 aromatic carbocycles. The molecule has 38 heavy (non-hydrogen) atoms. The Morgan fingerprint density at radius 3 is 1.68 bits per heavy atom. The monoisotopic (exact) mass is 851 g/mol. The van der Waals surface area contributed by atoms with Crippen LogP contribution in [0.5, 0.6) is 0 Å². The molecule has 0 aliphatic heterocycles. The lowest BCUT2D eigenvalue weighted by molar-refractivity contribution is -0.136. The standard InChI is InChI=1S/C14H13IN2O.C9H10O2.C4H4IN3.HI/c1-10-3-2-4-11(7-10)8-13(18)9-12-5-6-14(15)17-16-12;1-7-3-2-4-8(5-7)6-9(10)11;5-3-1-2-4(6)8-7-3;/h2-7H,8-9H2,1H3;2-5H,6H2,1H3,(H,10,11);1-2H,(H2,6,8);1H. The van der Waals surface area contributed by atoms with E-state index in [1.165, 1.54) is 5.56 Å². The maximum Gasteiger partial charge on any atom is 0.307 e. The number of carbonyl (C=O) groups is 2. The van der Waals surface area contributed by atoms with E-state index in [9.17, 15) is 9.59 Å². The number of ketones is 1. The zero-order valence-electron chi connectivity index (χ0n) is 20.8. The van der Waals surface area contributed by atoms with E-state index in [4.69, 9.17) is 10.8 Å². The average molecular weight is 851 g/mol. The van der Waals surface area contributed by atoms with Crippen molar-refractivity contribution in [2.45, 2.75) is 33.1 Å². The van der Waals surface area contributed by atoms with Gasteiger partial charge in [0.15, 0.2) is 0 Å². The van der Waals surface area contributed by atoms with Crippen LogP contribution in [0.15, 0.2) is 72.8 Å². The maximum atomic E-state index is 11.9. The number of Topliss-reactive ketones (excluding diaryl/α,β-unsaturated/α-hetero) is 1. The van der Waals surface area contributed by atoms with Crippen LogP contribution in [-0.2, 0) is 28.9 Å². The van der Waals surface area contributed by atoms with E-state index in [1.807, 2.05) is 80.6 Å². The van der Waals surface area contributed by atoms with Gasteiger partial charge in [0.2, 0.25) is 0 Å². The first-order valence-corrected chi connectivity index (χ1v) is 13.3. The molecule has 0 unspecified atom stereocenters. The summed E-state index contributed by atoms with van der Waals surface area (Å²) < 4.78 is 1.69. The summed E-state index contributed by atoms with van der Waals surface area (Å²) in [6.45, 7) is 3.98. The minimum atomic E-state index is -0.782. The summed E-state index contributed by atoms with van der Waals surface area (Å²) in [4.78, 5) is 22.2. The van der Waals surface area contributed by atoms with Crippen LogP contribution in [0.2, 0.25) is 0 Å². The molecule has 2 heterocycles. The van der Waals surface area contributed by atoms with Crippen molar-refractivity contribution >= 4 is 86.7 Å². The molecular formula is C27H28I3N5O3. The Morgan fingerprint density at radius 1 is 0.737 bits per heavy atom. The van der Waals surface area contributed by atoms with E-state index in [0.29, 0.717) is 18.7 Å². The van der Waals surface area contributed by atoms with Gasteiger partial charge in [0.05, 0.1) is 18.5 Å². The Hall–Kier alpha value is -2.27. The molecule has 0 bridgehead atoms. The van der Waals surface area contributed by atoms with Gasteiger partial charge < -0.3 is 10.8 Å². The molecule has 0 aliphatic carbocycles. The van der Waals surface area contributed by atoms with E-state index in [1.54, 1.807) is 6.07 Å². The molecule has 8 nitrogen and oxygen atoms in total. The van der Waals surface area contributed by atoms with Gasteiger partial charge in [0, 0.05) is 6.42 Å². The fourth-order valence-electron chi connectivity index (χ4n) is 3.08. The summed E-state index contributed by atoms with van der Waals surface area (Å²) >= 11 is 4.16. The highest BCUT2D eigenvalue weighted by Gasteiger charge is 2.07. The third-order valence-corrected chi connectivity index (χ3v) is 5.79. The number of aromatic nitrogens is 4. The third-order valence-electron chi connectivity index (χ3n) is 4.64. The zero-order chi connectivity index (χ0) is 27.2. The van der Waals surface area contributed by atoms with E-state index in [0.717, 1.165) is 29.8 Å². The van der Waals surface area contributed by atoms with E-state index < -0.39 is 5.97 Å². The lowest BCUT2D eigenvalue weighted by Gasteiger charge is -2.02. The fraction of sp³-hybridized carbons (Fsp3) is 0.185. The number of rotatable bonds is 6. The minimum absolute atomic E-state index is 0. The fourth-order valence-corrected chi connectivity index (χ4v) is 3.65. The van der Waals surface area contributed by atoms with Gasteiger partial charge in [0.1, 0.15) is 19.0 Å². The third kappa shape index (κ3) is 14.6. The molecule has 0 spiro atoms. The van der Waals surface area contributed by atoms with Crippen molar-refractivity contribution in [2.75, 3.05) is 5.73 Å². The number of benzene rings is 2. The number of aryl methyl sites for hydroxylation is 2. The van der Waals surface area contributed by atoms with Crippen molar-refractivity contribution in [3.05, 3.63) is 108 Å². The largest absolute Gasteiger partial charge is 0.481 e. The SMILES string of the molecule is Cc1cccc(CC(=O)Cc2ccc(I)nn2)c1.Cc1cccc(CC(=O)O)c1.I.Nc1ccc(I)nn1. The van der Waals surface area contributed by atoms with Crippen molar-refractivity contribution in [1.82, 2.24) is 20.4 Å². The summed E-state index contributed by atoms with van der Waals surface area (Å²) in [6.07, 6.45) is 0.912. The molecule has 4 rings (SSSR count). The highest BCUT2D eigenvalue weighted by molar-refractivity contribution is 14.1. The van der Waals surface area contributed by atoms with Crippen molar-refractivity contribution in [3.63, 3.8) is 0 Å². The van der Waals surface area contributed by atoms with E-state index in [-0.39, 0.29) is 36.2 Å². The molecule has 0 radical (unpaired) electrons. The number of halogens is 3. The predicted molar refractivity (Wildman–Crippen MR) is 175 cm³/mol. The van der Waals surface area contributed by atoms with Crippen LogP contribution in [0.3, 0.4) is 0 Å². The lowest BCUT2D eigenvalue weighted by Crippen LogP contribution is -2.08. The van der Waals surface area contributed by atoms with Crippen LogP contribution >= 0.6 is 69.2 Å². The molecule has 0 aliphatic rings. The van der Waals surface area contributed by atoms with Crippen LogP contribution < -0.4 is 5.73 Å². The van der Waals surface area contributed by atoms with Crippen LogP contribution in [0.25, 0.3) is 0 Å². The lowest BCUT2D eigenvalue weighted by atomic mass is 10.0. The van der Waals surface area contributed by atoms with Crippen LogP contribution in [0.4, 0.5) is 5.82 Å². The molecule has 4 aromatic rings. The first-order valence-electron chi connectivity index (χ1n) is 11.2. The number of hydrogen-bond donors (Lipinski definition) is 2. The molecule has 0 saturated carbocycles. The topological polar surface area (TPSA) is 132 Å². The van der Waals surface area contributed by atoms with Gasteiger partial charge in [-0.2, -0.15) is 5.10 Å². The van der Waals surface area contributed by atoms with E-state index in [2.05, 4.69) is 65.6 Å². The van der Waals surface area contributed by atoms with Gasteiger partial charge in [-0.3, -0.25) is 9.59 Å². The predicted octanol–water partition coefficient (Wildman–Crippen LogP) is 5.65. The first-order chi connectivity index (χ1) is 17.6. The molecule has 11 heteroatoms. The highest BCUT2D eigenvalue weighted by Crippen LogP contribution is 2.08. The van der Waals surface area contributed by atoms with Crippen molar-refractivity contribution < 1.29 is 14.7 Å². The van der Waals surface area contributed by atoms with Gasteiger partial charge in [-0.25, -0.2) is 0 Å². The number of nitrogens with two attached hydrogens (primary N) is 1. The summed E-state index contributed by atoms with van der Waals surface area (Å²) in [5.74, 6) is -0.155. The second-order valence-corrected chi connectivity index (χ2v) is 10.3. The Morgan fingerprint density at radius 2 is 1.26 bits per heavy atom. The van der Waals surface area contributed by atoms with Crippen molar-refractivity contribution in [3.8, 4) is 0 Å². The Kier molecular flexibility index (Phi) is 16.1. The maximum absolute atomic E-state index is 11.9. The average Bonchev–Trinajstić information content (AvgIpc) is 2.83. The molecular weight excluding hydrogens is 823 g/mol. The minimum Gasteiger partial charge on any atom is -0.481 e. The molecule has 0 amide bonds. The summed E-state index contributed by atoms with van der Waals surface area (Å²) in [7, 11) is 0. The van der Waals surface area contributed by atoms with Crippen LogP contribution in [0.1, 0.15) is 27.9 Å². The van der Waals surface area contributed by atoms with Gasteiger partial charge in [0.25, 0.3) is 0 Å². The van der Waals surface area contributed by atoms with Gasteiger partial charge in [-0.1, -0.05) is 59.7 Å². The summed E-state index contributed by atoms with van der Waals surface area (Å²) in [5, 5.41) is 23.7. The first kappa shape index (κ1) is 33.8. The number of nitrogens with zero attached hydrogens (tertiary/aromatic N) is 4. The summed E-state index contributed by atoms with van der Waals surface area (Å²) in [5.41, 5.74) is 10.2.